The molecule has 0 unspecified atom stereocenters. The minimum atomic E-state index is 0.153. The summed E-state index contributed by atoms with van der Waals surface area (Å²) in [7, 11) is 0. The van der Waals surface area contributed by atoms with Gasteiger partial charge in [-0.05, 0) is 28.9 Å². The van der Waals surface area contributed by atoms with Gasteiger partial charge in [0.05, 0.1) is 18.5 Å². The molecule has 0 aliphatic carbocycles. The van der Waals surface area contributed by atoms with E-state index in [-0.39, 0.29) is 5.82 Å². The summed E-state index contributed by atoms with van der Waals surface area (Å²) in [4.78, 5) is 0. The van der Waals surface area contributed by atoms with Crippen molar-refractivity contribution in [2.45, 2.75) is 13.3 Å². The lowest BCUT2D eigenvalue weighted by atomic mass is 10.1. The highest BCUT2D eigenvalue weighted by atomic mass is 16.6. The Morgan fingerprint density at radius 3 is 3.00 bits per heavy atom. The summed E-state index contributed by atoms with van der Waals surface area (Å²) in [5, 5.41) is 15.1. The zero-order valence-corrected chi connectivity index (χ0v) is 11.4. The highest BCUT2D eigenvalue weighted by molar-refractivity contribution is 5.63. The lowest BCUT2D eigenvalue weighted by molar-refractivity contribution is 0.307. The molecule has 3 aromatic rings. The van der Waals surface area contributed by atoms with Crippen molar-refractivity contribution in [1.29, 1.82) is 0 Å². The summed E-state index contributed by atoms with van der Waals surface area (Å²) in [6.45, 7) is 2.73. The van der Waals surface area contributed by atoms with E-state index in [2.05, 4.69) is 32.2 Å². The Labute approximate surface area is 120 Å². The fourth-order valence-corrected chi connectivity index (χ4v) is 1.89. The maximum Gasteiger partial charge on any atom is 0.243 e. The molecular weight excluding hydrogens is 272 g/mol. The van der Waals surface area contributed by atoms with Crippen LogP contribution in [0.1, 0.15) is 13.3 Å². The minimum absolute atomic E-state index is 0.153. The zero-order chi connectivity index (χ0) is 14.7. The Bertz CT molecular complexity index is 736. The molecule has 2 aromatic heterocycles. The second-order valence-corrected chi connectivity index (χ2v) is 4.38. The van der Waals surface area contributed by atoms with Crippen molar-refractivity contribution in [1.82, 2.24) is 25.3 Å². The van der Waals surface area contributed by atoms with Crippen LogP contribution in [0.3, 0.4) is 0 Å². The van der Waals surface area contributed by atoms with Gasteiger partial charge in [-0.15, -0.1) is 5.10 Å². The number of aromatic nitrogens is 5. The number of hydrogen-bond donors (Lipinski definition) is 1. The van der Waals surface area contributed by atoms with Crippen molar-refractivity contribution in [2.24, 2.45) is 0 Å². The summed E-state index contributed by atoms with van der Waals surface area (Å²) >= 11 is 0. The Morgan fingerprint density at radius 1 is 1.33 bits per heavy atom. The third kappa shape index (κ3) is 2.55. The lowest BCUT2D eigenvalue weighted by Crippen LogP contribution is -2.03. The van der Waals surface area contributed by atoms with E-state index in [0.29, 0.717) is 12.4 Å². The molecule has 0 fully saturated rings. The number of nitrogens with two attached hydrogens (primary N) is 1. The van der Waals surface area contributed by atoms with Crippen molar-refractivity contribution in [3.63, 3.8) is 0 Å². The number of ether oxygens (including phenoxy) is 1. The third-order valence-electron chi connectivity index (χ3n) is 2.85. The molecule has 3 rings (SSSR count). The van der Waals surface area contributed by atoms with Crippen molar-refractivity contribution < 1.29 is 9.37 Å². The second kappa shape index (κ2) is 5.61. The molecule has 0 saturated heterocycles. The first-order chi connectivity index (χ1) is 10.3. The lowest BCUT2D eigenvalue weighted by Gasteiger charge is -2.07. The largest absolute Gasteiger partial charge is 0.494 e. The molecule has 0 spiro atoms. The first kappa shape index (κ1) is 13.1. The smallest absolute Gasteiger partial charge is 0.243 e. The maximum atomic E-state index is 5.69. The molecular formula is C13H14N6O2. The van der Waals surface area contributed by atoms with Crippen molar-refractivity contribution in [3.05, 3.63) is 30.5 Å². The highest BCUT2D eigenvalue weighted by Gasteiger charge is 2.15. The summed E-state index contributed by atoms with van der Waals surface area (Å²) in [6, 6.07) is 7.65. The molecule has 0 radical (unpaired) electrons. The Morgan fingerprint density at radius 2 is 2.24 bits per heavy atom. The van der Waals surface area contributed by atoms with Crippen molar-refractivity contribution in [2.75, 3.05) is 12.3 Å². The van der Waals surface area contributed by atoms with E-state index in [1.165, 1.54) is 4.68 Å². The van der Waals surface area contributed by atoms with E-state index < -0.39 is 0 Å². The van der Waals surface area contributed by atoms with E-state index in [9.17, 15) is 0 Å². The molecule has 2 N–H and O–H groups in total. The van der Waals surface area contributed by atoms with Gasteiger partial charge in [0.25, 0.3) is 0 Å². The quantitative estimate of drug-likeness (QED) is 0.760. The molecule has 0 amide bonds. The molecule has 108 valence electrons. The predicted molar refractivity (Wildman–Crippen MR) is 74.8 cm³/mol. The number of anilines is 1. The van der Waals surface area contributed by atoms with E-state index >= 15 is 0 Å². The average molecular weight is 286 g/mol. The van der Waals surface area contributed by atoms with Crippen LogP contribution in [0.2, 0.25) is 0 Å². The van der Waals surface area contributed by atoms with E-state index in [1.54, 1.807) is 6.20 Å². The molecule has 8 nitrogen and oxygen atoms in total. The molecule has 8 heteroatoms. The monoisotopic (exact) mass is 286 g/mol. The van der Waals surface area contributed by atoms with Crippen LogP contribution in [0.4, 0.5) is 5.82 Å². The van der Waals surface area contributed by atoms with Crippen LogP contribution in [0.25, 0.3) is 17.1 Å². The molecule has 2 heterocycles. The predicted octanol–water partition coefficient (Wildman–Crippen LogP) is 1.69. The first-order valence-electron chi connectivity index (χ1n) is 6.52. The fourth-order valence-electron chi connectivity index (χ4n) is 1.89. The Hall–Kier alpha value is -2.90. The standard InChI is InChI=1S/C13H14N6O2/c1-2-6-20-10-5-3-4-9(7-10)11-8-15-18-19(11)13-12(14)16-21-17-13/h3-5,7-8H,2,6H2,1H3,(H2,14,16). The van der Waals surface area contributed by atoms with E-state index in [4.69, 9.17) is 10.5 Å². The van der Waals surface area contributed by atoms with Crippen LogP contribution < -0.4 is 10.5 Å². The highest BCUT2D eigenvalue weighted by Crippen LogP contribution is 2.25. The molecule has 0 bridgehead atoms. The van der Waals surface area contributed by atoms with E-state index in [0.717, 1.165) is 23.4 Å². The van der Waals surface area contributed by atoms with Gasteiger partial charge in [-0.3, -0.25) is 0 Å². The van der Waals surface area contributed by atoms with Gasteiger partial charge in [-0.25, -0.2) is 4.63 Å². The first-order valence-corrected chi connectivity index (χ1v) is 6.52. The Kier molecular flexibility index (Phi) is 3.50. The molecule has 0 atom stereocenters. The molecule has 21 heavy (non-hydrogen) atoms. The summed E-state index contributed by atoms with van der Waals surface area (Å²) in [5.41, 5.74) is 7.30. The number of nitrogen functional groups attached to an aromatic ring is 1. The Balaban J connectivity index is 1.98. The zero-order valence-electron chi connectivity index (χ0n) is 11.4. The van der Waals surface area contributed by atoms with Crippen molar-refractivity contribution in [3.8, 4) is 22.8 Å². The van der Waals surface area contributed by atoms with Crippen LogP contribution in [0.15, 0.2) is 35.1 Å². The van der Waals surface area contributed by atoms with Crippen LogP contribution in [-0.4, -0.2) is 31.9 Å². The van der Waals surface area contributed by atoms with Crippen LogP contribution in [0.5, 0.6) is 5.75 Å². The van der Waals surface area contributed by atoms with Gasteiger partial charge in [0, 0.05) is 5.56 Å². The van der Waals surface area contributed by atoms with Gasteiger partial charge in [-0.2, -0.15) is 4.68 Å². The van der Waals surface area contributed by atoms with Crippen LogP contribution in [-0.2, 0) is 0 Å². The summed E-state index contributed by atoms with van der Waals surface area (Å²) < 4.78 is 11.7. The number of hydrogen-bond acceptors (Lipinski definition) is 7. The molecule has 0 saturated carbocycles. The third-order valence-corrected chi connectivity index (χ3v) is 2.85. The summed E-state index contributed by atoms with van der Waals surface area (Å²) in [6.07, 6.45) is 2.57. The van der Waals surface area contributed by atoms with Crippen LogP contribution >= 0.6 is 0 Å². The SMILES string of the molecule is CCCOc1cccc(-c2cnnn2-c2nonc2N)c1. The summed E-state index contributed by atoms with van der Waals surface area (Å²) in [5.74, 6) is 1.25. The van der Waals surface area contributed by atoms with Crippen molar-refractivity contribution >= 4 is 5.82 Å². The topological polar surface area (TPSA) is 105 Å². The van der Waals surface area contributed by atoms with Gasteiger partial charge in [0.1, 0.15) is 5.75 Å². The minimum Gasteiger partial charge on any atom is -0.494 e. The van der Waals surface area contributed by atoms with E-state index in [1.807, 2.05) is 24.3 Å². The number of nitrogens with zero attached hydrogens (tertiary/aromatic N) is 5. The molecule has 0 aliphatic rings. The second-order valence-electron chi connectivity index (χ2n) is 4.38. The number of rotatable bonds is 5. The fraction of sp³-hybridized carbons (Fsp3) is 0.231. The van der Waals surface area contributed by atoms with Crippen LogP contribution in [0, 0.1) is 0 Å². The van der Waals surface area contributed by atoms with Gasteiger partial charge >= 0.3 is 0 Å². The normalized spacial score (nSPS) is 10.7. The van der Waals surface area contributed by atoms with Gasteiger partial charge in [0.2, 0.25) is 11.6 Å². The number of benzene rings is 1. The molecule has 0 aliphatic heterocycles. The maximum absolute atomic E-state index is 5.69. The van der Waals surface area contributed by atoms with Gasteiger partial charge in [0.15, 0.2) is 0 Å². The van der Waals surface area contributed by atoms with Gasteiger partial charge < -0.3 is 10.5 Å². The molecule has 1 aromatic carbocycles. The van der Waals surface area contributed by atoms with Gasteiger partial charge in [-0.1, -0.05) is 24.3 Å². The average Bonchev–Trinajstić information content (AvgIpc) is 3.13.